The second-order valence-electron chi connectivity index (χ2n) is 4.30. The number of hydrogen-bond donors (Lipinski definition) is 1. The van der Waals surface area contributed by atoms with Gasteiger partial charge in [0.2, 0.25) is 0 Å². The number of alkyl halides is 2. The van der Waals surface area contributed by atoms with Crippen LogP contribution in [0.25, 0.3) is 0 Å². The highest BCUT2D eigenvalue weighted by atomic mass is 19.3. The fourth-order valence-electron chi connectivity index (χ4n) is 1.83. The molecular formula is C15H14F3NO. The van der Waals surface area contributed by atoms with Crippen molar-refractivity contribution in [2.24, 2.45) is 0 Å². The Morgan fingerprint density at radius 1 is 1.15 bits per heavy atom. The van der Waals surface area contributed by atoms with E-state index in [0.29, 0.717) is 12.2 Å². The van der Waals surface area contributed by atoms with Crippen molar-refractivity contribution in [1.82, 2.24) is 0 Å². The molecule has 0 spiro atoms. The predicted octanol–water partition coefficient (Wildman–Crippen LogP) is 4.35. The second kappa shape index (κ2) is 6.32. The SMILES string of the molecule is Cc1ccc(F)cc1CNc1ccccc1OC(F)F. The first-order chi connectivity index (χ1) is 9.56. The largest absolute Gasteiger partial charge is 0.433 e. The molecule has 0 heterocycles. The van der Waals surface area contributed by atoms with Crippen LogP contribution in [0.15, 0.2) is 42.5 Å². The normalized spacial score (nSPS) is 10.7. The van der Waals surface area contributed by atoms with Gasteiger partial charge in [-0.2, -0.15) is 8.78 Å². The summed E-state index contributed by atoms with van der Waals surface area (Å²) in [5, 5.41) is 2.98. The molecule has 0 radical (unpaired) electrons. The highest BCUT2D eigenvalue weighted by molar-refractivity contribution is 5.56. The van der Waals surface area contributed by atoms with Crippen LogP contribution in [0.1, 0.15) is 11.1 Å². The number of hydrogen-bond acceptors (Lipinski definition) is 2. The van der Waals surface area contributed by atoms with Crippen LogP contribution in [0.3, 0.4) is 0 Å². The first kappa shape index (κ1) is 14.2. The highest BCUT2D eigenvalue weighted by Crippen LogP contribution is 2.26. The molecule has 0 saturated heterocycles. The van der Waals surface area contributed by atoms with Gasteiger partial charge in [0.1, 0.15) is 11.6 Å². The van der Waals surface area contributed by atoms with E-state index in [-0.39, 0.29) is 11.6 Å². The molecule has 1 N–H and O–H groups in total. The second-order valence-corrected chi connectivity index (χ2v) is 4.30. The fourth-order valence-corrected chi connectivity index (χ4v) is 1.83. The molecule has 0 aliphatic heterocycles. The summed E-state index contributed by atoms with van der Waals surface area (Å²) in [5.41, 5.74) is 2.12. The topological polar surface area (TPSA) is 21.3 Å². The van der Waals surface area contributed by atoms with Gasteiger partial charge < -0.3 is 10.1 Å². The number of ether oxygens (including phenoxy) is 1. The summed E-state index contributed by atoms with van der Waals surface area (Å²) in [4.78, 5) is 0. The van der Waals surface area contributed by atoms with Crippen molar-refractivity contribution >= 4 is 5.69 Å². The van der Waals surface area contributed by atoms with E-state index >= 15 is 0 Å². The van der Waals surface area contributed by atoms with Crippen molar-refractivity contribution in [3.63, 3.8) is 0 Å². The van der Waals surface area contributed by atoms with Crippen LogP contribution in [0.2, 0.25) is 0 Å². The zero-order valence-corrected chi connectivity index (χ0v) is 10.9. The Balaban J connectivity index is 2.12. The average molecular weight is 281 g/mol. The first-order valence-corrected chi connectivity index (χ1v) is 6.09. The lowest BCUT2D eigenvalue weighted by Gasteiger charge is -2.13. The van der Waals surface area contributed by atoms with Gasteiger partial charge in [0, 0.05) is 6.54 Å². The maximum Gasteiger partial charge on any atom is 0.387 e. The zero-order valence-electron chi connectivity index (χ0n) is 10.9. The van der Waals surface area contributed by atoms with E-state index in [2.05, 4.69) is 10.1 Å². The molecule has 0 aromatic heterocycles. The summed E-state index contributed by atoms with van der Waals surface area (Å²) in [6.07, 6.45) is 0. The van der Waals surface area contributed by atoms with Crippen molar-refractivity contribution in [3.05, 3.63) is 59.4 Å². The molecule has 20 heavy (non-hydrogen) atoms. The van der Waals surface area contributed by atoms with Gasteiger partial charge in [0.15, 0.2) is 0 Å². The third kappa shape index (κ3) is 3.66. The van der Waals surface area contributed by atoms with E-state index in [0.717, 1.165) is 11.1 Å². The van der Waals surface area contributed by atoms with Crippen LogP contribution in [0.4, 0.5) is 18.9 Å². The lowest BCUT2D eigenvalue weighted by atomic mass is 10.1. The predicted molar refractivity (Wildman–Crippen MR) is 71.5 cm³/mol. The molecule has 0 unspecified atom stereocenters. The quantitative estimate of drug-likeness (QED) is 0.879. The summed E-state index contributed by atoms with van der Waals surface area (Å²) < 4.78 is 42.2. The van der Waals surface area contributed by atoms with Gasteiger partial charge in [0.05, 0.1) is 5.69 Å². The van der Waals surface area contributed by atoms with Crippen LogP contribution in [-0.2, 0) is 6.54 Å². The third-order valence-electron chi connectivity index (χ3n) is 2.88. The van der Waals surface area contributed by atoms with Gasteiger partial charge in [-0.15, -0.1) is 0 Å². The minimum absolute atomic E-state index is 0.0663. The maximum atomic E-state index is 13.2. The average Bonchev–Trinajstić information content (AvgIpc) is 2.41. The van der Waals surface area contributed by atoms with Gasteiger partial charge in [-0.05, 0) is 42.3 Å². The monoisotopic (exact) mass is 281 g/mol. The van der Waals surface area contributed by atoms with Gasteiger partial charge in [-0.3, -0.25) is 0 Å². The highest BCUT2D eigenvalue weighted by Gasteiger charge is 2.09. The number of rotatable bonds is 5. The Hall–Kier alpha value is -2.17. The van der Waals surface area contributed by atoms with E-state index < -0.39 is 6.61 Å². The summed E-state index contributed by atoms with van der Waals surface area (Å²) in [6, 6.07) is 10.9. The van der Waals surface area contributed by atoms with E-state index in [4.69, 9.17) is 0 Å². The molecule has 2 aromatic rings. The van der Waals surface area contributed by atoms with E-state index in [1.54, 1.807) is 24.3 Å². The molecule has 0 bridgehead atoms. The molecular weight excluding hydrogens is 267 g/mol. The molecule has 0 aliphatic rings. The molecule has 0 atom stereocenters. The molecule has 2 aromatic carbocycles. The van der Waals surface area contributed by atoms with Gasteiger partial charge >= 0.3 is 6.61 Å². The van der Waals surface area contributed by atoms with Crippen LogP contribution < -0.4 is 10.1 Å². The molecule has 0 saturated carbocycles. The minimum Gasteiger partial charge on any atom is -0.433 e. The number of anilines is 1. The molecule has 2 nitrogen and oxygen atoms in total. The lowest BCUT2D eigenvalue weighted by molar-refractivity contribution is -0.0493. The molecule has 0 aliphatic carbocycles. The summed E-state index contributed by atoms with van der Waals surface area (Å²) in [6.45, 7) is -0.695. The van der Waals surface area contributed by atoms with E-state index in [1.165, 1.54) is 18.2 Å². The first-order valence-electron chi connectivity index (χ1n) is 6.09. The number of halogens is 3. The van der Waals surface area contributed by atoms with Crippen LogP contribution in [-0.4, -0.2) is 6.61 Å². The van der Waals surface area contributed by atoms with Crippen LogP contribution in [0.5, 0.6) is 5.75 Å². The zero-order chi connectivity index (χ0) is 14.5. The minimum atomic E-state index is -2.88. The molecule has 0 amide bonds. The Morgan fingerprint density at radius 2 is 1.90 bits per heavy atom. The Morgan fingerprint density at radius 3 is 2.65 bits per heavy atom. The van der Waals surface area contributed by atoms with Gasteiger partial charge in [-0.25, -0.2) is 4.39 Å². The molecule has 0 fully saturated rings. The molecule has 106 valence electrons. The smallest absolute Gasteiger partial charge is 0.387 e. The Kier molecular flexibility index (Phi) is 4.50. The van der Waals surface area contributed by atoms with Crippen molar-refractivity contribution in [2.75, 3.05) is 5.32 Å². The lowest BCUT2D eigenvalue weighted by Crippen LogP contribution is -2.07. The number of para-hydroxylation sites is 2. The Labute approximate surface area is 115 Å². The van der Waals surface area contributed by atoms with Crippen molar-refractivity contribution < 1.29 is 17.9 Å². The van der Waals surface area contributed by atoms with Gasteiger partial charge in [-0.1, -0.05) is 18.2 Å². The third-order valence-corrected chi connectivity index (χ3v) is 2.88. The van der Waals surface area contributed by atoms with Crippen molar-refractivity contribution in [3.8, 4) is 5.75 Å². The Bertz CT molecular complexity index is 587. The fraction of sp³-hybridized carbons (Fsp3) is 0.200. The molecule has 2 rings (SSSR count). The number of nitrogens with one attached hydrogen (secondary N) is 1. The summed E-state index contributed by atoms with van der Waals surface area (Å²) in [7, 11) is 0. The van der Waals surface area contributed by atoms with Gasteiger partial charge in [0.25, 0.3) is 0 Å². The van der Waals surface area contributed by atoms with Crippen LogP contribution >= 0.6 is 0 Å². The van der Waals surface area contributed by atoms with Crippen LogP contribution in [0, 0.1) is 12.7 Å². The standard InChI is InChI=1S/C15H14F3NO/c1-10-6-7-12(16)8-11(10)9-19-13-4-2-3-5-14(13)20-15(17)18/h2-8,15,19H,9H2,1H3. The van der Waals surface area contributed by atoms with Crippen molar-refractivity contribution in [2.45, 2.75) is 20.1 Å². The van der Waals surface area contributed by atoms with E-state index in [1.807, 2.05) is 6.92 Å². The summed E-state index contributed by atoms with van der Waals surface area (Å²) in [5.74, 6) is -0.263. The summed E-state index contributed by atoms with van der Waals surface area (Å²) >= 11 is 0. The number of aryl methyl sites for hydroxylation is 1. The maximum absolute atomic E-state index is 13.2. The number of benzene rings is 2. The van der Waals surface area contributed by atoms with Crippen molar-refractivity contribution in [1.29, 1.82) is 0 Å². The molecule has 5 heteroatoms. The van der Waals surface area contributed by atoms with E-state index in [9.17, 15) is 13.2 Å².